The Balaban J connectivity index is 1.55. The number of hydrogen-bond acceptors (Lipinski definition) is 6. The van der Waals surface area contributed by atoms with Crippen molar-refractivity contribution in [3.05, 3.63) is 59.1 Å². The van der Waals surface area contributed by atoms with Crippen LogP contribution in [0, 0.1) is 11.7 Å². The highest BCUT2D eigenvalue weighted by molar-refractivity contribution is 7.91. The molecule has 2 aromatic carbocycles. The summed E-state index contributed by atoms with van der Waals surface area (Å²) in [7, 11) is -2.99. The number of hydrogen-bond donors (Lipinski definition) is 1. The largest absolute Gasteiger partial charge is 0.481 e. The number of sulfone groups is 1. The summed E-state index contributed by atoms with van der Waals surface area (Å²) in [5, 5.41) is 9.81. The molecule has 1 N–H and O–H groups in total. The third-order valence-corrected chi connectivity index (χ3v) is 9.01. The van der Waals surface area contributed by atoms with E-state index in [0.717, 1.165) is 18.5 Å². The zero-order valence-electron chi connectivity index (χ0n) is 19.5. The molecule has 0 amide bonds. The summed E-state index contributed by atoms with van der Waals surface area (Å²) in [6.07, 6.45) is 2.87. The highest BCUT2D eigenvalue weighted by atomic mass is 35.5. The Bertz CT molecular complexity index is 1380. The summed E-state index contributed by atoms with van der Waals surface area (Å²) < 4.78 is 44.5. The van der Waals surface area contributed by atoms with Gasteiger partial charge in [0, 0.05) is 30.3 Å². The Kier molecular flexibility index (Phi) is 6.78. The van der Waals surface area contributed by atoms with Gasteiger partial charge in [-0.2, -0.15) is 0 Å². The summed E-state index contributed by atoms with van der Waals surface area (Å²) in [4.78, 5) is 18.7. The van der Waals surface area contributed by atoms with Crippen molar-refractivity contribution in [2.75, 3.05) is 29.5 Å². The smallest absolute Gasteiger partial charge is 0.307 e. The second kappa shape index (κ2) is 9.86. The first kappa shape index (κ1) is 24.8. The normalized spacial score (nSPS) is 21.9. The van der Waals surface area contributed by atoms with Crippen molar-refractivity contribution < 1.29 is 27.1 Å². The molecule has 10 heteroatoms. The first-order valence-electron chi connectivity index (χ1n) is 12.0. The highest BCUT2D eigenvalue weighted by Gasteiger charge is 2.37. The molecule has 1 aliphatic carbocycles. The van der Waals surface area contributed by atoms with Gasteiger partial charge in [-0.05, 0) is 37.1 Å². The van der Waals surface area contributed by atoms with Crippen molar-refractivity contribution in [3.63, 3.8) is 0 Å². The van der Waals surface area contributed by atoms with Gasteiger partial charge in [0.2, 0.25) is 5.89 Å². The average Bonchev–Trinajstić information content (AvgIpc) is 3.31. The fraction of sp³-hybridized carbons (Fsp3) is 0.385. The number of halogens is 2. The topological polar surface area (TPSA) is 101 Å². The Morgan fingerprint density at radius 3 is 2.47 bits per heavy atom. The molecule has 0 spiro atoms. The third kappa shape index (κ3) is 4.86. The van der Waals surface area contributed by atoms with E-state index in [0.29, 0.717) is 42.9 Å². The zero-order chi connectivity index (χ0) is 25.4. The van der Waals surface area contributed by atoms with E-state index in [2.05, 4.69) is 4.98 Å². The summed E-state index contributed by atoms with van der Waals surface area (Å²) in [5.41, 5.74) is 2.20. The van der Waals surface area contributed by atoms with Crippen LogP contribution in [-0.2, 0) is 14.6 Å². The molecule has 5 rings (SSSR count). The molecule has 1 saturated carbocycles. The van der Waals surface area contributed by atoms with Crippen LogP contribution in [0.25, 0.3) is 22.7 Å². The summed E-state index contributed by atoms with van der Waals surface area (Å²) >= 11 is 5.99. The second-order valence-electron chi connectivity index (χ2n) is 9.35. The predicted octanol–water partition coefficient (Wildman–Crippen LogP) is 5.39. The summed E-state index contributed by atoms with van der Waals surface area (Å²) in [6.45, 7) is 0.856. The lowest BCUT2D eigenvalue weighted by atomic mass is 9.77. The van der Waals surface area contributed by atoms with Gasteiger partial charge < -0.3 is 14.4 Å². The Hall–Kier alpha value is -2.91. The first-order valence-corrected chi connectivity index (χ1v) is 14.2. The van der Waals surface area contributed by atoms with Crippen molar-refractivity contribution in [3.8, 4) is 22.7 Å². The molecule has 2 fully saturated rings. The van der Waals surface area contributed by atoms with E-state index in [1.807, 2.05) is 29.2 Å². The monoisotopic (exact) mass is 532 g/mol. The van der Waals surface area contributed by atoms with Gasteiger partial charge in [0.15, 0.2) is 15.7 Å². The first-order chi connectivity index (χ1) is 17.2. The predicted molar refractivity (Wildman–Crippen MR) is 136 cm³/mol. The van der Waals surface area contributed by atoms with E-state index in [-0.39, 0.29) is 33.9 Å². The molecule has 7 nitrogen and oxygen atoms in total. The maximum Gasteiger partial charge on any atom is 0.307 e. The molecule has 0 radical (unpaired) electrons. The number of rotatable bonds is 5. The van der Waals surface area contributed by atoms with Gasteiger partial charge in [0.05, 0.1) is 28.0 Å². The van der Waals surface area contributed by atoms with E-state index in [4.69, 9.17) is 16.0 Å². The van der Waals surface area contributed by atoms with Gasteiger partial charge in [0.25, 0.3) is 0 Å². The van der Waals surface area contributed by atoms with E-state index in [1.165, 1.54) is 12.1 Å². The molecule has 2 heterocycles. The van der Waals surface area contributed by atoms with Crippen molar-refractivity contribution in [1.82, 2.24) is 4.98 Å². The maximum atomic E-state index is 14.8. The minimum atomic E-state index is -2.99. The molecule has 0 unspecified atom stereocenters. The Labute approximate surface area is 213 Å². The van der Waals surface area contributed by atoms with E-state index in [1.54, 1.807) is 6.07 Å². The number of oxazole rings is 1. The lowest BCUT2D eigenvalue weighted by Gasteiger charge is -2.29. The quantitative estimate of drug-likeness (QED) is 0.470. The lowest BCUT2D eigenvalue weighted by molar-refractivity contribution is -0.143. The van der Waals surface area contributed by atoms with Crippen LogP contribution in [0.1, 0.15) is 37.4 Å². The Morgan fingerprint density at radius 2 is 1.78 bits per heavy atom. The number of benzene rings is 2. The molecule has 1 aromatic heterocycles. The minimum absolute atomic E-state index is 0.0530. The van der Waals surface area contributed by atoms with Gasteiger partial charge >= 0.3 is 5.97 Å². The number of carboxylic acids is 1. The van der Waals surface area contributed by atoms with Crippen LogP contribution < -0.4 is 4.90 Å². The fourth-order valence-corrected chi connectivity index (χ4v) is 6.49. The van der Waals surface area contributed by atoms with Crippen molar-refractivity contribution in [1.29, 1.82) is 0 Å². The lowest BCUT2D eigenvalue weighted by Crippen LogP contribution is -2.40. The number of aromatic nitrogens is 1. The SMILES string of the molecule is O=C(O)[C@@H]1CCCC[C@H]1c1oc(-c2cccc(Cl)c2F)nc1-c1ccc(N2CCS(=O)(=O)CC2)cc1. The molecular weight excluding hydrogens is 507 g/mol. The van der Waals surface area contributed by atoms with Crippen LogP contribution in [-0.4, -0.2) is 49.1 Å². The van der Waals surface area contributed by atoms with Gasteiger partial charge in [-0.15, -0.1) is 0 Å². The Morgan fingerprint density at radius 1 is 1.08 bits per heavy atom. The molecule has 1 aliphatic heterocycles. The molecule has 2 atom stereocenters. The van der Waals surface area contributed by atoms with E-state index in [9.17, 15) is 22.7 Å². The van der Waals surface area contributed by atoms with Crippen LogP contribution in [0.2, 0.25) is 5.02 Å². The molecule has 2 aliphatic rings. The highest BCUT2D eigenvalue weighted by Crippen LogP contribution is 2.44. The summed E-state index contributed by atoms with van der Waals surface area (Å²) in [6, 6.07) is 12.1. The van der Waals surface area contributed by atoms with Crippen LogP contribution in [0.15, 0.2) is 46.9 Å². The maximum absolute atomic E-state index is 14.8. The molecular formula is C26H26ClFN2O5S. The number of nitrogens with zero attached hydrogens (tertiary/aromatic N) is 2. The van der Waals surface area contributed by atoms with Crippen molar-refractivity contribution in [2.45, 2.75) is 31.6 Å². The van der Waals surface area contributed by atoms with Gasteiger partial charge in [-0.25, -0.2) is 17.8 Å². The van der Waals surface area contributed by atoms with E-state index < -0.39 is 27.5 Å². The van der Waals surface area contributed by atoms with Crippen LogP contribution in [0.4, 0.5) is 10.1 Å². The average molecular weight is 533 g/mol. The van der Waals surface area contributed by atoms with Crippen molar-refractivity contribution >= 4 is 33.1 Å². The number of aliphatic carboxylic acids is 1. The van der Waals surface area contributed by atoms with Gasteiger partial charge in [0.1, 0.15) is 11.5 Å². The fourth-order valence-electron chi connectivity index (χ4n) is 5.12. The van der Waals surface area contributed by atoms with Crippen molar-refractivity contribution in [2.24, 2.45) is 5.92 Å². The third-order valence-electron chi connectivity index (χ3n) is 7.11. The van der Waals surface area contributed by atoms with Gasteiger partial charge in [-0.3, -0.25) is 4.79 Å². The van der Waals surface area contributed by atoms with Crippen LogP contribution in [0.3, 0.4) is 0 Å². The van der Waals surface area contributed by atoms with Gasteiger partial charge in [-0.1, -0.05) is 42.6 Å². The second-order valence-corrected chi connectivity index (χ2v) is 12.1. The zero-order valence-corrected chi connectivity index (χ0v) is 21.1. The number of anilines is 1. The molecule has 190 valence electrons. The number of carboxylic acid groups (broad SMARTS) is 1. The van der Waals surface area contributed by atoms with E-state index >= 15 is 0 Å². The molecule has 36 heavy (non-hydrogen) atoms. The van der Waals surface area contributed by atoms with Crippen LogP contribution in [0.5, 0.6) is 0 Å². The standard InChI is InChI=1S/C26H26ClFN2O5S/c27-21-7-3-6-20(22(21)28)25-29-23(24(35-25)18-4-1-2-5-19(18)26(31)32)16-8-10-17(11-9-16)30-12-14-36(33,34)15-13-30/h3,6-11,18-19H,1-2,4-5,12-15H2,(H,31,32)/t18-,19-/m1/s1. The molecule has 0 bridgehead atoms. The molecule has 1 saturated heterocycles. The summed E-state index contributed by atoms with van der Waals surface area (Å²) in [5.74, 6) is -1.79. The molecule has 3 aromatic rings. The van der Waals surface area contributed by atoms with Crippen LogP contribution >= 0.6 is 11.6 Å². The number of carbonyl (C=O) groups is 1. The minimum Gasteiger partial charge on any atom is -0.481 e.